The molecule has 0 aliphatic rings. The third-order valence-corrected chi connectivity index (χ3v) is 6.06. The highest BCUT2D eigenvalue weighted by atomic mass is 32.1. The molecule has 0 fully saturated rings. The first-order valence-electron chi connectivity index (χ1n) is 9.75. The fraction of sp³-hybridized carbons (Fsp3) is 0.273. The number of aromatic amines is 1. The van der Waals surface area contributed by atoms with Crippen LogP contribution in [0.1, 0.15) is 29.5 Å². The second-order valence-corrected chi connectivity index (χ2v) is 8.26. The Bertz CT molecular complexity index is 1320. The van der Waals surface area contributed by atoms with Crippen LogP contribution in [0.4, 0.5) is 0 Å². The van der Waals surface area contributed by atoms with E-state index in [0.717, 1.165) is 27.3 Å². The average Bonchev–Trinajstić information content (AvgIpc) is 3.03. The number of aromatic nitrogens is 4. The Morgan fingerprint density at radius 1 is 1.20 bits per heavy atom. The summed E-state index contributed by atoms with van der Waals surface area (Å²) in [5.74, 6) is 0.823. The summed E-state index contributed by atoms with van der Waals surface area (Å²) in [4.78, 5) is 39.6. The maximum atomic E-state index is 13.5. The molecule has 0 aromatic carbocycles. The second-order valence-electron chi connectivity index (χ2n) is 7.06. The van der Waals surface area contributed by atoms with Crippen LogP contribution in [-0.4, -0.2) is 26.1 Å². The number of aryl methyl sites for hydroxylation is 2. The Labute approximate surface area is 177 Å². The monoisotopic (exact) mass is 422 g/mol. The fourth-order valence-electron chi connectivity index (χ4n) is 3.28. The van der Waals surface area contributed by atoms with Crippen molar-refractivity contribution in [3.8, 4) is 17.1 Å². The number of fused-ring (bicyclic) bond motifs is 1. The van der Waals surface area contributed by atoms with Crippen LogP contribution < -0.4 is 15.7 Å². The van der Waals surface area contributed by atoms with Crippen molar-refractivity contribution in [1.29, 1.82) is 0 Å². The van der Waals surface area contributed by atoms with Crippen LogP contribution in [-0.2, 0) is 6.54 Å². The van der Waals surface area contributed by atoms with Gasteiger partial charge in [0.25, 0.3) is 5.56 Å². The molecule has 0 radical (unpaired) electrons. The lowest BCUT2D eigenvalue weighted by molar-refractivity contribution is 0.313. The van der Waals surface area contributed by atoms with Gasteiger partial charge in [-0.15, -0.1) is 11.3 Å². The molecule has 7 nitrogen and oxygen atoms in total. The van der Waals surface area contributed by atoms with Crippen molar-refractivity contribution < 1.29 is 4.74 Å². The van der Waals surface area contributed by atoms with E-state index in [0.29, 0.717) is 23.5 Å². The van der Waals surface area contributed by atoms with Gasteiger partial charge in [0.2, 0.25) is 5.43 Å². The van der Waals surface area contributed by atoms with Gasteiger partial charge in [-0.2, -0.15) is 0 Å². The second kappa shape index (κ2) is 8.23. The predicted octanol–water partition coefficient (Wildman–Crippen LogP) is 3.66. The summed E-state index contributed by atoms with van der Waals surface area (Å²) in [7, 11) is 0. The number of pyridine rings is 2. The molecule has 4 aromatic rings. The lowest BCUT2D eigenvalue weighted by atomic mass is 10.2. The van der Waals surface area contributed by atoms with E-state index in [1.165, 1.54) is 17.4 Å². The van der Waals surface area contributed by atoms with Crippen LogP contribution in [0.5, 0.6) is 5.75 Å². The van der Waals surface area contributed by atoms with E-state index in [4.69, 9.17) is 9.72 Å². The summed E-state index contributed by atoms with van der Waals surface area (Å²) in [6, 6.07) is 5.12. The zero-order valence-electron chi connectivity index (χ0n) is 17.1. The molecular weight excluding hydrogens is 400 g/mol. The van der Waals surface area contributed by atoms with Crippen molar-refractivity contribution in [2.24, 2.45) is 0 Å². The van der Waals surface area contributed by atoms with Crippen molar-refractivity contribution in [1.82, 2.24) is 19.5 Å². The third-order valence-electron chi connectivity index (χ3n) is 4.95. The van der Waals surface area contributed by atoms with Gasteiger partial charge in [0.15, 0.2) is 5.75 Å². The molecule has 0 saturated carbocycles. The standard InChI is InChI=1S/C22H22N4O3S/c1-4-9-29-18-11-24-16(10-17(18)27)12-26-20(15-5-7-23-8-6-15)25-21-19(22(26)28)13(2)14(3)30-21/h5-8,10-11H,4,9,12H2,1-3H3,(H,24,27). The maximum absolute atomic E-state index is 13.5. The van der Waals surface area contributed by atoms with Crippen molar-refractivity contribution in [2.75, 3.05) is 6.61 Å². The van der Waals surface area contributed by atoms with E-state index in [1.807, 2.05) is 32.9 Å². The molecule has 0 aliphatic heterocycles. The first-order chi connectivity index (χ1) is 14.5. The van der Waals surface area contributed by atoms with E-state index in [9.17, 15) is 9.59 Å². The topological polar surface area (TPSA) is 89.9 Å². The molecule has 4 heterocycles. The Hall–Kier alpha value is -3.26. The quantitative estimate of drug-likeness (QED) is 0.512. The number of rotatable bonds is 6. The van der Waals surface area contributed by atoms with E-state index < -0.39 is 0 Å². The van der Waals surface area contributed by atoms with Crippen molar-refractivity contribution in [3.63, 3.8) is 0 Å². The number of thiophene rings is 1. The molecular formula is C22H22N4O3S. The maximum Gasteiger partial charge on any atom is 0.263 e. The molecule has 30 heavy (non-hydrogen) atoms. The normalized spacial score (nSPS) is 11.2. The molecule has 8 heteroatoms. The Morgan fingerprint density at radius 3 is 2.67 bits per heavy atom. The molecule has 0 aliphatic carbocycles. The number of H-pyrrole nitrogens is 1. The van der Waals surface area contributed by atoms with Crippen LogP contribution in [0.3, 0.4) is 0 Å². The van der Waals surface area contributed by atoms with Crippen molar-refractivity contribution in [2.45, 2.75) is 33.7 Å². The molecule has 4 rings (SSSR count). The van der Waals surface area contributed by atoms with Gasteiger partial charge in [0.1, 0.15) is 10.7 Å². The lowest BCUT2D eigenvalue weighted by Gasteiger charge is -2.13. The summed E-state index contributed by atoms with van der Waals surface area (Å²) in [6.07, 6.45) is 5.71. The zero-order chi connectivity index (χ0) is 21.3. The smallest absolute Gasteiger partial charge is 0.263 e. The first kappa shape index (κ1) is 20.0. The minimum atomic E-state index is -0.215. The highest BCUT2D eigenvalue weighted by Crippen LogP contribution is 2.28. The first-order valence-corrected chi connectivity index (χ1v) is 10.6. The SMILES string of the molecule is CCCOc1c[nH]c(Cn2c(-c3ccncc3)nc3sc(C)c(C)c3c2=O)cc1=O. The Morgan fingerprint density at radius 2 is 1.97 bits per heavy atom. The van der Waals surface area contributed by atoms with E-state index in [1.54, 1.807) is 23.2 Å². The van der Waals surface area contributed by atoms with Gasteiger partial charge in [0, 0.05) is 40.8 Å². The molecule has 0 unspecified atom stereocenters. The lowest BCUT2D eigenvalue weighted by Crippen LogP contribution is -2.25. The van der Waals surface area contributed by atoms with E-state index in [2.05, 4.69) is 9.97 Å². The molecule has 0 atom stereocenters. The summed E-state index contributed by atoms with van der Waals surface area (Å²) >= 11 is 1.51. The van der Waals surface area contributed by atoms with Gasteiger partial charge in [-0.05, 0) is 38.0 Å². The van der Waals surface area contributed by atoms with Gasteiger partial charge in [-0.25, -0.2) is 4.98 Å². The molecule has 1 N–H and O–H groups in total. The zero-order valence-corrected chi connectivity index (χ0v) is 17.9. The van der Waals surface area contributed by atoms with Gasteiger partial charge in [-0.3, -0.25) is 19.1 Å². The number of ether oxygens (including phenoxy) is 1. The van der Waals surface area contributed by atoms with Gasteiger partial charge < -0.3 is 9.72 Å². The molecule has 0 spiro atoms. The summed E-state index contributed by atoms with van der Waals surface area (Å²) in [5, 5.41) is 0.626. The minimum absolute atomic E-state index is 0.124. The van der Waals surface area contributed by atoms with Crippen LogP contribution in [0, 0.1) is 13.8 Å². The molecule has 0 saturated heterocycles. The molecule has 0 bridgehead atoms. The predicted molar refractivity (Wildman–Crippen MR) is 119 cm³/mol. The third kappa shape index (κ3) is 3.66. The van der Waals surface area contributed by atoms with Crippen LogP contribution in [0.15, 0.2) is 46.4 Å². The summed E-state index contributed by atoms with van der Waals surface area (Å²) in [6.45, 7) is 6.58. The highest BCUT2D eigenvalue weighted by Gasteiger charge is 2.18. The average molecular weight is 423 g/mol. The van der Waals surface area contributed by atoms with Crippen molar-refractivity contribution in [3.05, 3.63) is 73.5 Å². The fourth-order valence-corrected chi connectivity index (χ4v) is 4.30. The summed E-state index contributed by atoms with van der Waals surface area (Å²) < 4.78 is 7.06. The molecule has 0 amide bonds. The van der Waals surface area contributed by atoms with E-state index in [-0.39, 0.29) is 23.3 Å². The molecule has 4 aromatic heterocycles. The van der Waals surface area contributed by atoms with Gasteiger partial charge >= 0.3 is 0 Å². The van der Waals surface area contributed by atoms with Crippen LogP contribution in [0.2, 0.25) is 0 Å². The largest absolute Gasteiger partial charge is 0.488 e. The highest BCUT2D eigenvalue weighted by molar-refractivity contribution is 7.18. The minimum Gasteiger partial charge on any atom is -0.488 e. The number of hydrogen-bond acceptors (Lipinski definition) is 6. The number of nitrogens with one attached hydrogen (secondary N) is 1. The van der Waals surface area contributed by atoms with E-state index >= 15 is 0 Å². The van der Waals surface area contributed by atoms with Crippen molar-refractivity contribution >= 4 is 21.6 Å². The number of hydrogen-bond donors (Lipinski definition) is 1. The Kier molecular flexibility index (Phi) is 5.50. The van der Waals surface area contributed by atoms with Gasteiger partial charge in [-0.1, -0.05) is 6.92 Å². The number of nitrogens with zero attached hydrogens (tertiary/aromatic N) is 3. The summed E-state index contributed by atoms with van der Waals surface area (Å²) in [5.41, 5.74) is 2.00. The van der Waals surface area contributed by atoms with Crippen LogP contribution >= 0.6 is 11.3 Å². The molecule has 154 valence electrons. The Balaban J connectivity index is 1.86. The van der Waals surface area contributed by atoms with Crippen LogP contribution in [0.25, 0.3) is 21.6 Å². The van der Waals surface area contributed by atoms with Gasteiger partial charge in [0.05, 0.1) is 18.5 Å².